The average molecular weight is 454 g/mol. The second-order valence-corrected chi connectivity index (χ2v) is 8.46. The van der Waals surface area contributed by atoms with Gasteiger partial charge in [0.1, 0.15) is 16.7 Å². The fourth-order valence-corrected chi connectivity index (χ4v) is 4.66. The third-order valence-electron chi connectivity index (χ3n) is 5.14. The number of ether oxygens (including phenoxy) is 2. The maximum absolute atomic E-state index is 13.3. The monoisotopic (exact) mass is 453 g/mol. The molecule has 168 valence electrons. The van der Waals surface area contributed by atoms with Gasteiger partial charge >= 0.3 is 0 Å². The van der Waals surface area contributed by atoms with E-state index in [-0.39, 0.29) is 11.9 Å². The number of aromatic nitrogens is 3. The Balaban J connectivity index is 1.62. The van der Waals surface area contributed by atoms with Crippen molar-refractivity contribution in [1.29, 1.82) is 0 Å². The quantitative estimate of drug-likeness (QED) is 0.532. The molecule has 2 heterocycles. The Kier molecular flexibility index (Phi) is 6.84. The highest BCUT2D eigenvalue weighted by atomic mass is 32.2. The van der Waals surface area contributed by atoms with Gasteiger partial charge in [0.05, 0.1) is 19.8 Å². The van der Waals surface area contributed by atoms with Crippen LogP contribution in [0.5, 0.6) is 11.5 Å². The molecule has 2 aromatic carbocycles. The van der Waals surface area contributed by atoms with Gasteiger partial charge in [-0.25, -0.2) is 4.68 Å². The zero-order valence-electron chi connectivity index (χ0n) is 18.4. The van der Waals surface area contributed by atoms with E-state index in [4.69, 9.17) is 9.47 Å². The first-order valence-electron chi connectivity index (χ1n) is 10.7. The minimum absolute atomic E-state index is 0.113. The first-order valence-corrected chi connectivity index (χ1v) is 11.6. The molecule has 3 aromatic rings. The molecule has 0 aliphatic carbocycles. The Bertz CT molecular complexity index is 1050. The lowest BCUT2D eigenvalue weighted by Crippen LogP contribution is -2.41. The van der Waals surface area contributed by atoms with E-state index in [0.29, 0.717) is 17.5 Å². The highest BCUT2D eigenvalue weighted by Gasteiger charge is 2.37. The van der Waals surface area contributed by atoms with Crippen LogP contribution in [-0.4, -0.2) is 39.7 Å². The van der Waals surface area contributed by atoms with Crippen molar-refractivity contribution in [2.75, 3.05) is 24.5 Å². The van der Waals surface area contributed by atoms with Gasteiger partial charge in [0.2, 0.25) is 11.1 Å². The molecule has 0 fully saturated rings. The zero-order chi connectivity index (χ0) is 22.5. The van der Waals surface area contributed by atoms with E-state index in [1.54, 1.807) is 7.11 Å². The number of rotatable bonds is 8. The number of aryl methyl sites for hydroxylation is 1. The number of nitrogens with zero attached hydrogens (tertiary/aromatic N) is 3. The van der Waals surface area contributed by atoms with Gasteiger partial charge in [-0.1, -0.05) is 30.8 Å². The van der Waals surface area contributed by atoms with E-state index in [0.717, 1.165) is 35.7 Å². The lowest BCUT2D eigenvalue weighted by molar-refractivity contribution is -0.116. The van der Waals surface area contributed by atoms with Crippen LogP contribution in [0.1, 0.15) is 37.7 Å². The molecule has 1 aliphatic heterocycles. The summed E-state index contributed by atoms with van der Waals surface area (Å²) in [6, 6.07) is 14.9. The maximum atomic E-state index is 13.3. The van der Waals surface area contributed by atoms with Crippen LogP contribution in [0, 0.1) is 0 Å². The molecule has 0 saturated heterocycles. The molecule has 4 rings (SSSR count). The normalized spacial score (nSPS) is 17.2. The minimum atomic E-state index is -0.443. The predicted molar refractivity (Wildman–Crippen MR) is 125 cm³/mol. The van der Waals surface area contributed by atoms with Crippen LogP contribution in [0.3, 0.4) is 0 Å². The highest BCUT2D eigenvalue weighted by molar-refractivity contribution is 8.00. The van der Waals surface area contributed by atoms with Gasteiger partial charge < -0.3 is 20.2 Å². The summed E-state index contributed by atoms with van der Waals surface area (Å²) in [4.78, 5) is 13.3. The van der Waals surface area contributed by atoms with Crippen LogP contribution in [0.4, 0.5) is 5.69 Å². The summed E-state index contributed by atoms with van der Waals surface area (Å²) >= 11 is 1.41. The van der Waals surface area contributed by atoms with E-state index in [1.165, 1.54) is 11.8 Å². The number of anilines is 1. The van der Waals surface area contributed by atoms with Crippen molar-refractivity contribution in [1.82, 2.24) is 14.9 Å². The molecule has 0 saturated carbocycles. The number of amides is 1. The van der Waals surface area contributed by atoms with Gasteiger partial charge in [-0.05, 0) is 55.3 Å². The molecular formula is C23H27N5O3S. The van der Waals surface area contributed by atoms with Crippen molar-refractivity contribution < 1.29 is 14.3 Å². The van der Waals surface area contributed by atoms with Crippen LogP contribution in [-0.2, 0) is 11.2 Å². The molecule has 1 amide bonds. The minimum Gasteiger partial charge on any atom is -0.497 e. The number of methoxy groups -OCH3 is 1. The molecule has 2 N–H and O–H groups in total. The number of hydrogen-bond donors (Lipinski definition) is 2. The summed E-state index contributed by atoms with van der Waals surface area (Å²) in [6.07, 6.45) is 1.76. The van der Waals surface area contributed by atoms with Crippen LogP contribution in [0.25, 0.3) is 0 Å². The Labute approximate surface area is 191 Å². The number of hydrogen-bond acceptors (Lipinski definition) is 7. The molecule has 32 heavy (non-hydrogen) atoms. The molecule has 0 bridgehead atoms. The van der Waals surface area contributed by atoms with E-state index >= 15 is 0 Å². The topological polar surface area (TPSA) is 90.3 Å². The zero-order valence-corrected chi connectivity index (χ0v) is 19.2. The number of thioether (sulfide) groups is 1. The number of fused-ring (bicyclic) bond motifs is 1. The summed E-state index contributed by atoms with van der Waals surface area (Å²) < 4.78 is 12.7. The fraction of sp³-hybridized carbons (Fsp3) is 0.348. The van der Waals surface area contributed by atoms with Crippen molar-refractivity contribution in [3.63, 3.8) is 0 Å². The van der Waals surface area contributed by atoms with Crippen LogP contribution >= 0.6 is 11.8 Å². The van der Waals surface area contributed by atoms with Gasteiger partial charge in [-0.15, -0.1) is 10.2 Å². The van der Waals surface area contributed by atoms with Gasteiger partial charge in [0.25, 0.3) is 0 Å². The standard InChI is InChI=1S/C23H27N5O3S/c1-4-6-19-25-26-23-28(19)27-20(15-7-11-18(12-8-15)31-5-2)21(32-23)22(29)24-16-9-13-17(30-3)14-10-16/h7-14,20-21,27H,4-6H2,1-3H3,(H,24,29)/t20-,21-/m1/s1. The van der Waals surface area contributed by atoms with Crippen molar-refractivity contribution in [3.8, 4) is 11.5 Å². The molecule has 8 nitrogen and oxygen atoms in total. The summed E-state index contributed by atoms with van der Waals surface area (Å²) in [5.41, 5.74) is 5.18. The van der Waals surface area contributed by atoms with Gasteiger partial charge in [-0.3, -0.25) is 4.79 Å². The van der Waals surface area contributed by atoms with E-state index in [2.05, 4.69) is 27.9 Å². The van der Waals surface area contributed by atoms with Gasteiger partial charge in [0.15, 0.2) is 5.82 Å². The fourth-order valence-electron chi connectivity index (χ4n) is 3.56. The van der Waals surface area contributed by atoms with E-state index < -0.39 is 5.25 Å². The molecule has 0 radical (unpaired) electrons. The third-order valence-corrected chi connectivity index (χ3v) is 6.36. The van der Waals surface area contributed by atoms with Crippen LogP contribution < -0.4 is 20.2 Å². The van der Waals surface area contributed by atoms with Crippen LogP contribution in [0.2, 0.25) is 0 Å². The SMILES string of the molecule is CCCc1nnc2n1N[C@H](c1ccc(OCC)cc1)[C@H](C(=O)Nc1ccc(OC)cc1)S2. The molecule has 1 aromatic heterocycles. The molecule has 0 unspecified atom stereocenters. The number of carbonyl (C=O) groups excluding carboxylic acids is 1. The second kappa shape index (κ2) is 9.95. The van der Waals surface area contributed by atoms with Crippen molar-refractivity contribution >= 4 is 23.4 Å². The molecule has 1 aliphatic rings. The molecule has 0 spiro atoms. The Morgan fingerprint density at radius 1 is 1.09 bits per heavy atom. The smallest absolute Gasteiger partial charge is 0.240 e. The highest BCUT2D eigenvalue weighted by Crippen LogP contribution is 2.38. The summed E-state index contributed by atoms with van der Waals surface area (Å²) in [7, 11) is 1.61. The summed E-state index contributed by atoms with van der Waals surface area (Å²) in [5.74, 6) is 2.29. The number of carbonyl (C=O) groups is 1. The largest absolute Gasteiger partial charge is 0.497 e. The molecular weight excluding hydrogens is 426 g/mol. The second-order valence-electron chi connectivity index (χ2n) is 7.35. The average Bonchev–Trinajstić information content (AvgIpc) is 3.21. The number of nitrogens with one attached hydrogen (secondary N) is 2. The first-order chi connectivity index (χ1) is 15.6. The van der Waals surface area contributed by atoms with Gasteiger partial charge in [-0.2, -0.15) is 0 Å². The Morgan fingerprint density at radius 2 is 1.81 bits per heavy atom. The van der Waals surface area contributed by atoms with Crippen molar-refractivity contribution in [2.24, 2.45) is 0 Å². The Morgan fingerprint density at radius 3 is 2.47 bits per heavy atom. The van der Waals surface area contributed by atoms with Gasteiger partial charge in [0, 0.05) is 12.1 Å². The predicted octanol–water partition coefficient (Wildman–Crippen LogP) is 4.04. The number of benzene rings is 2. The van der Waals surface area contributed by atoms with E-state index in [1.807, 2.05) is 60.1 Å². The lowest BCUT2D eigenvalue weighted by atomic mass is 10.0. The first kappa shape index (κ1) is 22.0. The molecule has 9 heteroatoms. The summed E-state index contributed by atoms with van der Waals surface area (Å²) in [5, 5.41) is 11.9. The van der Waals surface area contributed by atoms with Crippen LogP contribution in [0.15, 0.2) is 53.7 Å². The maximum Gasteiger partial charge on any atom is 0.240 e. The van der Waals surface area contributed by atoms with Crippen molar-refractivity contribution in [3.05, 3.63) is 59.9 Å². The van der Waals surface area contributed by atoms with Crippen molar-refractivity contribution in [2.45, 2.75) is 43.1 Å². The molecule has 2 atom stereocenters. The Hall–Kier alpha value is -3.20. The van der Waals surface area contributed by atoms with E-state index in [9.17, 15) is 4.79 Å². The third kappa shape index (κ3) is 4.67. The summed E-state index contributed by atoms with van der Waals surface area (Å²) in [6.45, 7) is 4.66. The lowest BCUT2D eigenvalue weighted by Gasteiger charge is -2.33.